The molecule has 1 N–H and O–H groups in total. The maximum Gasteiger partial charge on any atom is 0.251 e. The molecule has 1 atom stereocenters. The van der Waals surface area contributed by atoms with Crippen molar-refractivity contribution in [2.75, 3.05) is 59.6 Å². The Balaban J connectivity index is 1.47. The molecule has 3 aliphatic heterocycles. The van der Waals surface area contributed by atoms with Gasteiger partial charge in [-0.1, -0.05) is 25.0 Å². The number of methoxy groups -OCH3 is 1. The van der Waals surface area contributed by atoms with Crippen molar-refractivity contribution in [3.63, 3.8) is 0 Å². The first kappa shape index (κ1) is 28.1. The molecule has 2 saturated heterocycles. The third kappa shape index (κ3) is 7.35. The second-order valence-electron chi connectivity index (χ2n) is 10.5. The normalized spacial score (nSPS) is 21.3. The molecule has 0 aromatic heterocycles. The predicted octanol–water partition coefficient (Wildman–Crippen LogP) is 2.56. The summed E-state index contributed by atoms with van der Waals surface area (Å²) >= 11 is 0. The molecule has 1 unspecified atom stereocenters. The first-order valence-corrected chi connectivity index (χ1v) is 14.0. The monoisotopic (exact) mass is 526 g/mol. The van der Waals surface area contributed by atoms with Crippen LogP contribution < -0.4 is 10.1 Å². The Kier molecular flexibility index (Phi) is 10.2. The zero-order valence-electron chi connectivity index (χ0n) is 22.9. The zero-order valence-corrected chi connectivity index (χ0v) is 22.9. The number of hydrogen-bond donors (Lipinski definition) is 1. The minimum Gasteiger partial charge on any atom is -0.497 e. The van der Waals surface area contributed by atoms with Crippen molar-refractivity contribution in [2.45, 2.75) is 52.0 Å². The number of amides is 3. The number of nitrogens with zero attached hydrogens (tertiary/aromatic N) is 3. The Labute approximate surface area is 226 Å². The summed E-state index contributed by atoms with van der Waals surface area (Å²) in [5.41, 5.74) is 2.30. The smallest absolute Gasteiger partial charge is 0.251 e. The molecule has 9 heteroatoms. The largest absolute Gasteiger partial charge is 0.497 e. The van der Waals surface area contributed by atoms with Crippen LogP contribution in [0.25, 0.3) is 0 Å². The van der Waals surface area contributed by atoms with Crippen molar-refractivity contribution in [3.05, 3.63) is 41.1 Å². The molecule has 9 nitrogen and oxygen atoms in total. The summed E-state index contributed by atoms with van der Waals surface area (Å²) in [7, 11) is 1.62. The number of allylic oxidation sites excluding steroid dienone is 1. The Morgan fingerprint density at radius 2 is 1.71 bits per heavy atom. The molecule has 208 valence electrons. The van der Waals surface area contributed by atoms with E-state index >= 15 is 0 Å². The van der Waals surface area contributed by atoms with Crippen molar-refractivity contribution in [1.29, 1.82) is 0 Å². The fourth-order valence-corrected chi connectivity index (χ4v) is 5.48. The van der Waals surface area contributed by atoms with Gasteiger partial charge in [0.05, 0.1) is 32.8 Å². The first-order chi connectivity index (χ1) is 18.5. The Morgan fingerprint density at radius 1 is 1.03 bits per heavy atom. The summed E-state index contributed by atoms with van der Waals surface area (Å²) in [5, 5.41) is 2.98. The molecule has 1 aromatic rings. The molecule has 3 amide bonds. The predicted molar refractivity (Wildman–Crippen MR) is 144 cm³/mol. The van der Waals surface area contributed by atoms with Gasteiger partial charge >= 0.3 is 0 Å². The second kappa shape index (κ2) is 13.8. The van der Waals surface area contributed by atoms with Gasteiger partial charge in [0.25, 0.3) is 5.91 Å². The summed E-state index contributed by atoms with van der Waals surface area (Å²) in [6.07, 6.45) is 4.65. The molecule has 38 heavy (non-hydrogen) atoms. The number of nitrogens with one attached hydrogen (secondary N) is 1. The topological polar surface area (TPSA) is 91.4 Å². The van der Waals surface area contributed by atoms with Crippen LogP contribution in [-0.4, -0.2) is 92.0 Å². The summed E-state index contributed by atoms with van der Waals surface area (Å²) < 4.78 is 10.6. The van der Waals surface area contributed by atoms with Crippen LogP contribution >= 0.6 is 0 Å². The summed E-state index contributed by atoms with van der Waals surface area (Å²) in [5.74, 6) is -0.0635. The molecule has 3 aliphatic rings. The summed E-state index contributed by atoms with van der Waals surface area (Å²) in [4.78, 5) is 46.1. The van der Waals surface area contributed by atoms with Gasteiger partial charge in [0.15, 0.2) is 0 Å². The van der Waals surface area contributed by atoms with E-state index in [1.165, 1.54) is 0 Å². The first-order valence-electron chi connectivity index (χ1n) is 14.0. The highest BCUT2D eigenvalue weighted by Gasteiger charge is 2.37. The average Bonchev–Trinajstić information content (AvgIpc) is 3.23. The minimum absolute atomic E-state index is 0.00866. The van der Waals surface area contributed by atoms with E-state index in [1.54, 1.807) is 12.0 Å². The van der Waals surface area contributed by atoms with Gasteiger partial charge in [0, 0.05) is 57.0 Å². The van der Waals surface area contributed by atoms with Crippen molar-refractivity contribution in [3.8, 4) is 5.75 Å². The molecular weight excluding hydrogens is 484 g/mol. The van der Waals surface area contributed by atoms with Gasteiger partial charge in [0.1, 0.15) is 5.75 Å². The highest BCUT2D eigenvalue weighted by Crippen LogP contribution is 2.32. The molecule has 0 radical (unpaired) electrons. The lowest BCUT2D eigenvalue weighted by Gasteiger charge is -2.36. The van der Waals surface area contributed by atoms with Crippen LogP contribution in [0.15, 0.2) is 35.5 Å². The van der Waals surface area contributed by atoms with E-state index in [0.717, 1.165) is 69.7 Å². The third-order valence-electron chi connectivity index (χ3n) is 7.84. The van der Waals surface area contributed by atoms with Crippen molar-refractivity contribution < 1.29 is 23.9 Å². The average molecular weight is 527 g/mol. The molecule has 0 aliphatic carbocycles. The van der Waals surface area contributed by atoms with Crippen LogP contribution in [0, 0.1) is 5.92 Å². The van der Waals surface area contributed by atoms with Crippen molar-refractivity contribution in [1.82, 2.24) is 20.0 Å². The van der Waals surface area contributed by atoms with E-state index < -0.39 is 5.92 Å². The molecule has 1 aromatic carbocycles. The van der Waals surface area contributed by atoms with E-state index in [-0.39, 0.29) is 24.1 Å². The lowest BCUT2D eigenvalue weighted by Crippen LogP contribution is -2.45. The Morgan fingerprint density at radius 3 is 2.37 bits per heavy atom. The van der Waals surface area contributed by atoms with Crippen molar-refractivity contribution in [2.24, 2.45) is 5.92 Å². The summed E-state index contributed by atoms with van der Waals surface area (Å²) in [6, 6.07) is 7.59. The Hall–Kier alpha value is -2.91. The van der Waals surface area contributed by atoms with Crippen LogP contribution in [0.4, 0.5) is 0 Å². The molecule has 0 bridgehead atoms. The van der Waals surface area contributed by atoms with Gasteiger partial charge in [-0.3, -0.25) is 19.3 Å². The molecule has 2 fully saturated rings. The zero-order chi connectivity index (χ0) is 26.9. The van der Waals surface area contributed by atoms with Gasteiger partial charge in [-0.2, -0.15) is 0 Å². The number of benzene rings is 1. The van der Waals surface area contributed by atoms with Crippen LogP contribution in [-0.2, 0) is 25.7 Å². The second-order valence-corrected chi connectivity index (χ2v) is 10.5. The number of carbonyl (C=O) groups excluding carboxylic acids is 3. The van der Waals surface area contributed by atoms with Gasteiger partial charge in [-0.15, -0.1) is 0 Å². The minimum atomic E-state index is -0.564. The van der Waals surface area contributed by atoms with Gasteiger partial charge in [-0.25, -0.2) is 0 Å². The molecule has 0 saturated carbocycles. The molecular formula is C29H42N4O5. The highest BCUT2D eigenvalue weighted by molar-refractivity contribution is 5.98. The lowest BCUT2D eigenvalue weighted by atomic mass is 9.88. The van der Waals surface area contributed by atoms with Crippen molar-refractivity contribution >= 4 is 17.7 Å². The number of ether oxygens (including phenoxy) is 2. The number of likely N-dealkylation sites (tertiary alicyclic amines) is 1. The number of morpholine rings is 1. The standard InChI is InChI=1S/C29H42N4O5/c1-22-26(29(36)32-12-5-3-4-6-13-32)19-24(20-27(34)30-11-14-31-15-17-38-18-16-31)28(35)33(22)21-23-7-9-25(37-2)10-8-23/h7-10,24H,3-6,11-21H2,1-2H3,(H,30,34). The van der Waals surface area contributed by atoms with Crippen LogP contribution in [0.1, 0.15) is 51.0 Å². The quantitative estimate of drug-likeness (QED) is 0.532. The van der Waals surface area contributed by atoms with E-state index in [2.05, 4.69) is 10.2 Å². The number of hydrogen-bond acceptors (Lipinski definition) is 6. The summed E-state index contributed by atoms with van der Waals surface area (Å²) in [6.45, 7) is 8.16. The number of rotatable bonds is 9. The Bertz CT molecular complexity index is 995. The fourth-order valence-electron chi connectivity index (χ4n) is 5.48. The third-order valence-corrected chi connectivity index (χ3v) is 7.84. The fraction of sp³-hybridized carbons (Fsp3) is 0.621. The van der Waals surface area contributed by atoms with Gasteiger partial charge < -0.3 is 24.6 Å². The van der Waals surface area contributed by atoms with E-state index in [0.29, 0.717) is 44.0 Å². The SMILES string of the molecule is COc1ccc(CN2C(=O)C(CC(=O)NCCN3CCOCC3)CC(C(=O)N3CCCCCC3)=C2C)cc1. The van der Waals surface area contributed by atoms with E-state index in [9.17, 15) is 14.4 Å². The number of carbonyl (C=O) groups is 3. The molecule has 3 heterocycles. The van der Waals surface area contributed by atoms with Gasteiger partial charge in [0.2, 0.25) is 11.8 Å². The van der Waals surface area contributed by atoms with E-state index in [1.807, 2.05) is 36.1 Å². The van der Waals surface area contributed by atoms with Crippen LogP contribution in [0.2, 0.25) is 0 Å². The van der Waals surface area contributed by atoms with Crippen LogP contribution in [0.3, 0.4) is 0 Å². The highest BCUT2D eigenvalue weighted by atomic mass is 16.5. The maximum absolute atomic E-state index is 13.7. The van der Waals surface area contributed by atoms with Gasteiger partial charge in [-0.05, 0) is 43.9 Å². The van der Waals surface area contributed by atoms with Crippen LogP contribution in [0.5, 0.6) is 5.75 Å². The van der Waals surface area contributed by atoms with E-state index in [4.69, 9.17) is 9.47 Å². The molecule has 4 rings (SSSR count). The lowest BCUT2D eigenvalue weighted by molar-refractivity contribution is -0.139. The molecule has 0 spiro atoms. The maximum atomic E-state index is 13.7.